The summed E-state index contributed by atoms with van der Waals surface area (Å²) >= 11 is 1.33. The van der Waals surface area contributed by atoms with Gasteiger partial charge in [-0.2, -0.15) is 0 Å². The molecule has 6 heteroatoms. The molecular formula is C21H21FN2O2S. The van der Waals surface area contributed by atoms with E-state index in [1.165, 1.54) is 29.2 Å². The van der Waals surface area contributed by atoms with Crippen LogP contribution in [0.3, 0.4) is 0 Å². The number of carbonyl (C=O) groups excluding carboxylic acids is 1. The van der Waals surface area contributed by atoms with E-state index in [0.717, 1.165) is 42.0 Å². The molecule has 0 saturated carbocycles. The Bertz CT molecular complexity index is 948. The predicted octanol–water partition coefficient (Wildman–Crippen LogP) is 4.15. The number of amides is 1. The molecule has 27 heavy (non-hydrogen) atoms. The fourth-order valence-electron chi connectivity index (χ4n) is 3.28. The number of fused-ring (bicyclic) bond motifs is 1. The number of thiophene rings is 1. The van der Waals surface area contributed by atoms with Crippen LogP contribution in [0.4, 0.5) is 10.1 Å². The van der Waals surface area contributed by atoms with E-state index in [1.54, 1.807) is 18.0 Å². The van der Waals surface area contributed by atoms with Crippen molar-refractivity contribution in [1.82, 2.24) is 4.90 Å². The van der Waals surface area contributed by atoms with Crippen LogP contribution in [0.15, 0.2) is 48.5 Å². The maximum Gasteiger partial charge on any atom is 0.264 e. The third-order valence-electron chi connectivity index (χ3n) is 4.77. The van der Waals surface area contributed by atoms with Crippen molar-refractivity contribution in [2.24, 2.45) is 0 Å². The summed E-state index contributed by atoms with van der Waals surface area (Å²) in [5.74, 6) is -0.328. The molecule has 0 bridgehead atoms. The summed E-state index contributed by atoms with van der Waals surface area (Å²) in [4.78, 5) is 17.4. The topological polar surface area (TPSA) is 32.8 Å². The number of rotatable bonds is 4. The molecule has 2 aromatic carbocycles. The zero-order valence-corrected chi connectivity index (χ0v) is 16.0. The summed E-state index contributed by atoms with van der Waals surface area (Å²) in [5.41, 5.74) is 2.26. The van der Waals surface area contributed by atoms with E-state index < -0.39 is 0 Å². The number of anilines is 1. The fraction of sp³-hybridized carbons (Fsp3) is 0.286. The van der Waals surface area contributed by atoms with Crippen molar-refractivity contribution in [3.8, 4) is 0 Å². The predicted molar refractivity (Wildman–Crippen MR) is 107 cm³/mol. The summed E-state index contributed by atoms with van der Waals surface area (Å²) in [6.45, 7) is 3.87. The highest BCUT2D eigenvalue weighted by Gasteiger charge is 2.16. The van der Waals surface area contributed by atoms with Gasteiger partial charge in [0.05, 0.1) is 18.1 Å². The molecule has 1 saturated heterocycles. The van der Waals surface area contributed by atoms with Gasteiger partial charge in [-0.25, -0.2) is 4.39 Å². The normalized spacial score (nSPS) is 14.5. The van der Waals surface area contributed by atoms with E-state index in [2.05, 4.69) is 29.2 Å². The van der Waals surface area contributed by atoms with Crippen LogP contribution in [0.5, 0.6) is 0 Å². The first-order chi connectivity index (χ1) is 13.1. The Morgan fingerprint density at radius 1 is 1.15 bits per heavy atom. The van der Waals surface area contributed by atoms with Gasteiger partial charge in [-0.3, -0.25) is 4.79 Å². The Morgan fingerprint density at radius 3 is 2.63 bits per heavy atom. The van der Waals surface area contributed by atoms with Crippen LogP contribution in [0, 0.1) is 5.82 Å². The van der Waals surface area contributed by atoms with Gasteiger partial charge in [0.2, 0.25) is 0 Å². The number of benzene rings is 2. The Labute approximate surface area is 161 Å². The number of morpholine rings is 1. The monoisotopic (exact) mass is 384 g/mol. The highest BCUT2D eigenvalue weighted by molar-refractivity contribution is 7.20. The van der Waals surface area contributed by atoms with E-state index in [9.17, 15) is 9.18 Å². The summed E-state index contributed by atoms with van der Waals surface area (Å²) in [6.07, 6.45) is 0. The first-order valence-corrected chi connectivity index (χ1v) is 9.78. The highest BCUT2D eigenvalue weighted by Crippen LogP contribution is 2.27. The fourth-order valence-corrected chi connectivity index (χ4v) is 4.36. The first-order valence-electron chi connectivity index (χ1n) is 8.96. The third-order valence-corrected chi connectivity index (χ3v) is 5.86. The van der Waals surface area contributed by atoms with Crippen molar-refractivity contribution >= 4 is 33.0 Å². The van der Waals surface area contributed by atoms with Crippen LogP contribution in [0.1, 0.15) is 15.2 Å². The zero-order valence-electron chi connectivity index (χ0n) is 15.2. The Hall–Kier alpha value is -2.44. The van der Waals surface area contributed by atoms with Crippen molar-refractivity contribution in [3.63, 3.8) is 0 Å². The second-order valence-electron chi connectivity index (χ2n) is 6.72. The largest absolute Gasteiger partial charge is 0.378 e. The summed E-state index contributed by atoms with van der Waals surface area (Å²) in [7, 11) is 1.79. The average Bonchev–Trinajstić information content (AvgIpc) is 3.11. The van der Waals surface area contributed by atoms with E-state index in [1.807, 2.05) is 6.07 Å². The molecule has 0 atom stereocenters. The summed E-state index contributed by atoms with van der Waals surface area (Å²) in [6, 6.07) is 14.8. The van der Waals surface area contributed by atoms with Crippen LogP contribution in [-0.4, -0.2) is 44.2 Å². The van der Waals surface area contributed by atoms with Crippen molar-refractivity contribution in [2.75, 3.05) is 38.3 Å². The molecule has 1 fully saturated rings. The number of carbonyl (C=O) groups is 1. The quantitative estimate of drug-likeness (QED) is 0.677. The summed E-state index contributed by atoms with van der Waals surface area (Å²) < 4.78 is 19.5. The van der Waals surface area contributed by atoms with Gasteiger partial charge in [-0.1, -0.05) is 18.2 Å². The molecule has 0 radical (unpaired) electrons. The van der Waals surface area contributed by atoms with Crippen LogP contribution in [0.25, 0.3) is 10.1 Å². The Kier molecular flexibility index (Phi) is 5.09. The van der Waals surface area contributed by atoms with Crippen LogP contribution >= 0.6 is 11.3 Å². The molecule has 1 aromatic heterocycles. The van der Waals surface area contributed by atoms with Gasteiger partial charge in [0.15, 0.2) is 0 Å². The molecule has 140 valence electrons. The lowest BCUT2D eigenvalue weighted by atomic mass is 10.1. The van der Waals surface area contributed by atoms with Crippen molar-refractivity contribution < 1.29 is 13.9 Å². The van der Waals surface area contributed by atoms with Gasteiger partial charge in [0.1, 0.15) is 5.82 Å². The van der Waals surface area contributed by atoms with Gasteiger partial charge in [-0.15, -0.1) is 11.3 Å². The molecule has 1 aliphatic heterocycles. The molecule has 0 unspecified atom stereocenters. The first kappa shape index (κ1) is 17.9. The number of nitrogens with zero attached hydrogens (tertiary/aromatic N) is 2. The molecule has 1 aliphatic rings. The minimum absolute atomic E-state index is 0.0473. The maximum absolute atomic E-state index is 13.4. The lowest BCUT2D eigenvalue weighted by Crippen LogP contribution is -2.36. The van der Waals surface area contributed by atoms with Crippen LogP contribution in [0.2, 0.25) is 0 Å². The third kappa shape index (κ3) is 3.96. The van der Waals surface area contributed by atoms with Gasteiger partial charge in [-0.05, 0) is 41.3 Å². The molecule has 4 rings (SSSR count). The van der Waals surface area contributed by atoms with Crippen molar-refractivity contribution in [3.05, 3.63) is 64.8 Å². The number of halogens is 1. The van der Waals surface area contributed by atoms with E-state index in [4.69, 9.17) is 4.74 Å². The number of hydrogen-bond donors (Lipinski definition) is 0. The van der Waals surface area contributed by atoms with Gasteiger partial charge < -0.3 is 14.5 Å². The Balaban J connectivity index is 1.44. The molecule has 3 aromatic rings. The highest BCUT2D eigenvalue weighted by atomic mass is 32.1. The van der Waals surface area contributed by atoms with Gasteiger partial charge in [0.25, 0.3) is 5.91 Å². The standard InChI is InChI=1S/C21H21FN2O2S/c1-23(21(25)20-12-16-4-5-17(22)13-19(16)27-20)14-15-2-6-18(7-3-15)24-8-10-26-11-9-24/h2-7,12-13H,8-11,14H2,1H3. The van der Waals surface area contributed by atoms with Crippen molar-refractivity contribution in [2.45, 2.75) is 6.54 Å². The smallest absolute Gasteiger partial charge is 0.264 e. The second-order valence-corrected chi connectivity index (χ2v) is 7.80. The van der Waals surface area contributed by atoms with E-state index in [0.29, 0.717) is 11.4 Å². The number of ether oxygens (including phenoxy) is 1. The molecule has 4 nitrogen and oxygen atoms in total. The molecule has 0 spiro atoms. The van der Waals surface area contributed by atoms with E-state index in [-0.39, 0.29) is 11.7 Å². The molecule has 0 aliphatic carbocycles. The van der Waals surface area contributed by atoms with Crippen LogP contribution < -0.4 is 4.90 Å². The Morgan fingerprint density at radius 2 is 1.89 bits per heavy atom. The molecular weight excluding hydrogens is 363 g/mol. The zero-order chi connectivity index (χ0) is 18.8. The molecule has 2 heterocycles. The average molecular weight is 384 g/mol. The lowest BCUT2D eigenvalue weighted by molar-refractivity contribution is 0.0790. The number of hydrogen-bond acceptors (Lipinski definition) is 4. The lowest BCUT2D eigenvalue weighted by Gasteiger charge is -2.29. The maximum atomic E-state index is 13.4. The van der Waals surface area contributed by atoms with Crippen molar-refractivity contribution in [1.29, 1.82) is 0 Å². The van der Waals surface area contributed by atoms with E-state index >= 15 is 0 Å². The molecule has 1 amide bonds. The molecule has 0 N–H and O–H groups in total. The SMILES string of the molecule is CN(Cc1ccc(N2CCOCC2)cc1)C(=O)c1cc2ccc(F)cc2s1. The summed E-state index contributed by atoms with van der Waals surface area (Å²) in [5, 5.41) is 0.896. The minimum atomic E-state index is -0.280. The van der Waals surface area contributed by atoms with Crippen LogP contribution in [-0.2, 0) is 11.3 Å². The van der Waals surface area contributed by atoms with Gasteiger partial charge >= 0.3 is 0 Å². The minimum Gasteiger partial charge on any atom is -0.378 e. The van der Waals surface area contributed by atoms with Gasteiger partial charge in [0, 0.05) is 37.1 Å². The second kappa shape index (κ2) is 7.66.